The van der Waals surface area contributed by atoms with Crippen molar-refractivity contribution < 1.29 is 33.4 Å². The van der Waals surface area contributed by atoms with E-state index in [1.54, 1.807) is 48.5 Å². The molecule has 0 spiro atoms. The first kappa shape index (κ1) is 22.6. The Kier molecular flexibility index (Phi) is 8.56. The number of carbonyl (C=O) groups is 4. The molecule has 8 heteroatoms. The highest BCUT2D eigenvalue weighted by Crippen LogP contribution is 2.15. The molecular weight excluding hydrogens is 390 g/mol. The number of methoxy groups -OCH3 is 2. The molecule has 0 saturated heterocycles. The zero-order valence-electron chi connectivity index (χ0n) is 16.8. The first-order valence-electron chi connectivity index (χ1n) is 9.19. The number of hydrogen-bond acceptors (Lipinski definition) is 7. The van der Waals surface area contributed by atoms with E-state index in [4.69, 9.17) is 4.74 Å². The molecule has 2 rings (SSSR count). The summed E-state index contributed by atoms with van der Waals surface area (Å²) < 4.78 is 14.9. The van der Waals surface area contributed by atoms with Crippen LogP contribution in [0.25, 0.3) is 0 Å². The lowest BCUT2D eigenvalue weighted by Gasteiger charge is -2.16. The number of hydrogen-bond donors (Lipinski definition) is 1. The van der Waals surface area contributed by atoms with Gasteiger partial charge in [-0.2, -0.15) is 0 Å². The summed E-state index contributed by atoms with van der Waals surface area (Å²) in [7, 11) is 2.46. The Morgan fingerprint density at radius 3 is 2.40 bits per heavy atom. The molecule has 0 radical (unpaired) electrons. The maximum atomic E-state index is 12.5. The molecule has 0 saturated carbocycles. The first-order chi connectivity index (χ1) is 14.5. The Morgan fingerprint density at radius 1 is 1.03 bits per heavy atom. The summed E-state index contributed by atoms with van der Waals surface area (Å²) in [5.74, 6) is -1.04. The van der Waals surface area contributed by atoms with Crippen molar-refractivity contribution in [2.45, 2.75) is 25.5 Å². The van der Waals surface area contributed by atoms with Crippen molar-refractivity contribution in [3.63, 3.8) is 0 Å². The number of amides is 1. The van der Waals surface area contributed by atoms with Gasteiger partial charge in [0.05, 0.1) is 14.2 Å². The van der Waals surface area contributed by atoms with Gasteiger partial charge in [-0.25, -0.2) is 4.79 Å². The van der Waals surface area contributed by atoms with E-state index in [1.165, 1.54) is 14.2 Å². The van der Waals surface area contributed by atoms with E-state index in [-0.39, 0.29) is 19.4 Å². The average Bonchev–Trinajstić information content (AvgIpc) is 2.79. The van der Waals surface area contributed by atoms with E-state index in [0.717, 1.165) is 11.8 Å². The number of carbonyl (C=O) groups excluding carboxylic acids is 4. The van der Waals surface area contributed by atoms with Crippen molar-refractivity contribution in [3.8, 4) is 5.75 Å². The van der Waals surface area contributed by atoms with Crippen molar-refractivity contribution in [1.82, 2.24) is 5.32 Å². The molecule has 0 aliphatic carbocycles. The minimum atomic E-state index is -0.963. The lowest BCUT2D eigenvalue weighted by atomic mass is 10.1. The second-order valence-corrected chi connectivity index (χ2v) is 6.34. The molecule has 0 heterocycles. The van der Waals surface area contributed by atoms with Crippen LogP contribution in [0, 0.1) is 0 Å². The van der Waals surface area contributed by atoms with E-state index in [0.29, 0.717) is 16.9 Å². The molecule has 8 nitrogen and oxygen atoms in total. The van der Waals surface area contributed by atoms with Crippen LogP contribution in [0.15, 0.2) is 48.5 Å². The number of benzene rings is 2. The Bertz CT molecular complexity index is 893. The van der Waals surface area contributed by atoms with E-state index < -0.39 is 23.9 Å². The molecular formula is C22H23NO7. The molecule has 0 bridgehead atoms. The summed E-state index contributed by atoms with van der Waals surface area (Å²) >= 11 is 0. The zero-order chi connectivity index (χ0) is 21.9. The predicted molar refractivity (Wildman–Crippen MR) is 107 cm³/mol. The smallest absolute Gasteiger partial charge is 0.328 e. The monoisotopic (exact) mass is 413 g/mol. The average molecular weight is 413 g/mol. The Morgan fingerprint density at radius 2 is 1.77 bits per heavy atom. The third-order valence-electron chi connectivity index (χ3n) is 4.27. The van der Waals surface area contributed by atoms with Gasteiger partial charge in [0, 0.05) is 17.5 Å². The summed E-state index contributed by atoms with van der Waals surface area (Å²) in [6.07, 6.45) is 0.780. The van der Waals surface area contributed by atoms with E-state index in [2.05, 4.69) is 14.8 Å². The fourth-order valence-electron chi connectivity index (χ4n) is 2.59. The van der Waals surface area contributed by atoms with Crippen molar-refractivity contribution in [3.05, 3.63) is 65.2 Å². The molecule has 1 atom stereocenters. The lowest BCUT2D eigenvalue weighted by molar-refractivity contribution is -0.144. The van der Waals surface area contributed by atoms with Crippen molar-refractivity contribution >= 4 is 24.1 Å². The minimum Gasteiger partial charge on any atom is -0.489 e. The Balaban J connectivity index is 1.96. The van der Waals surface area contributed by atoms with Gasteiger partial charge in [-0.3, -0.25) is 14.4 Å². The van der Waals surface area contributed by atoms with Gasteiger partial charge in [0.2, 0.25) is 0 Å². The van der Waals surface area contributed by atoms with Gasteiger partial charge >= 0.3 is 11.9 Å². The number of nitrogens with one attached hydrogen (secondary N) is 1. The molecule has 1 amide bonds. The number of esters is 2. The molecule has 30 heavy (non-hydrogen) atoms. The van der Waals surface area contributed by atoms with Crippen LogP contribution in [0.2, 0.25) is 0 Å². The van der Waals surface area contributed by atoms with Crippen molar-refractivity contribution in [1.29, 1.82) is 0 Å². The summed E-state index contributed by atoms with van der Waals surface area (Å²) in [4.78, 5) is 46.4. The van der Waals surface area contributed by atoms with Gasteiger partial charge in [-0.1, -0.05) is 24.3 Å². The fourth-order valence-corrected chi connectivity index (χ4v) is 2.59. The van der Waals surface area contributed by atoms with Crippen LogP contribution >= 0.6 is 0 Å². The van der Waals surface area contributed by atoms with Gasteiger partial charge in [0.15, 0.2) is 0 Å². The van der Waals surface area contributed by atoms with E-state index in [9.17, 15) is 19.2 Å². The summed E-state index contributed by atoms with van der Waals surface area (Å²) in [6.45, 7) is 0.258. The quantitative estimate of drug-likeness (QED) is 0.470. The van der Waals surface area contributed by atoms with Crippen LogP contribution < -0.4 is 10.1 Å². The van der Waals surface area contributed by atoms with Crippen LogP contribution in [-0.2, 0) is 25.7 Å². The van der Waals surface area contributed by atoms with E-state index in [1.807, 2.05) is 0 Å². The number of ether oxygens (including phenoxy) is 3. The largest absolute Gasteiger partial charge is 0.489 e. The maximum absolute atomic E-state index is 12.5. The molecule has 0 aromatic heterocycles. The highest BCUT2D eigenvalue weighted by atomic mass is 16.5. The molecule has 2 aromatic rings. The van der Waals surface area contributed by atoms with Gasteiger partial charge < -0.3 is 19.5 Å². The summed E-state index contributed by atoms with van der Waals surface area (Å²) in [5, 5.41) is 2.57. The molecule has 0 unspecified atom stereocenters. The predicted octanol–water partition coefficient (Wildman–Crippen LogP) is 2.30. The highest BCUT2D eigenvalue weighted by Gasteiger charge is 2.23. The zero-order valence-corrected chi connectivity index (χ0v) is 16.8. The van der Waals surface area contributed by atoms with Crippen LogP contribution in [0.1, 0.15) is 39.1 Å². The highest BCUT2D eigenvalue weighted by molar-refractivity contribution is 5.96. The molecule has 0 aliphatic rings. The minimum absolute atomic E-state index is 0.0296. The Hall–Kier alpha value is -3.68. The van der Waals surface area contributed by atoms with Crippen LogP contribution in [0.5, 0.6) is 5.75 Å². The fraction of sp³-hybridized carbons (Fsp3) is 0.273. The van der Waals surface area contributed by atoms with E-state index >= 15 is 0 Å². The van der Waals surface area contributed by atoms with Gasteiger partial charge in [-0.15, -0.1) is 0 Å². The van der Waals surface area contributed by atoms with Crippen LogP contribution in [0.3, 0.4) is 0 Å². The lowest BCUT2D eigenvalue weighted by Crippen LogP contribution is -2.41. The topological polar surface area (TPSA) is 108 Å². The normalized spacial score (nSPS) is 11.1. The summed E-state index contributed by atoms with van der Waals surface area (Å²) in [5.41, 5.74) is 1.68. The Labute approximate surface area is 174 Å². The van der Waals surface area contributed by atoms with Crippen molar-refractivity contribution in [2.75, 3.05) is 14.2 Å². The second kappa shape index (κ2) is 11.4. The molecule has 1 N–H and O–H groups in total. The third kappa shape index (κ3) is 6.73. The first-order valence-corrected chi connectivity index (χ1v) is 9.19. The van der Waals surface area contributed by atoms with Gasteiger partial charge in [0.25, 0.3) is 5.91 Å². The summed E-state index contributed by atoms with van der Waals surface area (Å²) in [6, 6.07) is 12.5. The molecule has 2 aromatic carbocycles. The number of rotatable bonds is 10. The number of aldehydes is 1. The van der Waals surface area contributed by atoms with Gasteiger partial charge in [0.1, 0.15) is 24.7 Å². The molecule has 0 fully saturated rings. The standard InChI is InChI=1S/C22H23NO7/c1-28-20(25)11-10-19(22(27)29-2)23-21(26)17-8-6-15(7-9-17)14-30-18-5-3-4-16(12-18)13-24/h3-9,12-13,19H,10-11,14H2,1-2H3,(H,23,26)/t19-/m1/s1. The SMILES string of the molecule is COC(=O)CC[C@@H](NC(=O)c1ccc(COc2cccc(C=O)c2)cc1)C(=O)OC. The second-order valence-electron chi connectivity index (χ2n) is 6.34. The van der Waals surface area contributed by atoms with Crippen LogP contribution in [0.4, 0.5) is 0 Å². The van der Waals surface area contributed by atoms with Gasteiger partial charge in [-0.05, 0) is 36.2 Å². The van der Waals surface area contributed by atoms with Crippen LogP contribution in [-0.4, -0.2) is 44.4 Å². The van der Waals surface area contributed by atoms with Crippen molar-refractivity contribution in [2.24, 2.45) is 0 Å². The third-order valence-corrected chi connectivity index (χ3v) is 4.27. The maximum Gasteiger partial charge on any atom is 0.328 e. The molecule has 158 valence electrons. The molecule has 0 aliphatic heterocycles.